The van der Waals surface area contributed by atoms with Gasteiger partial charge in [-0.05, 0) is 37.6 Å². The summed E-state index contributed by atoms with van der Waals surface area (Å²) in [6, 6.07) is 0.651. The van der Waals surface area contributed by atoms with Gasteiger partial charge in [0, 0.05) is 17.1 Å². The first-order valence-corrected chi connectivity index (χ1v) is 6.73. The van der Waals surface area contributed by atoms with Gasteiger partial charge in [-0.3, -0.25) is 4.98 Å². The van der Waals surface area contributed by atoms with Gasteiger partial charge >= 0.3 is 0 Å². The van der Waals surface area contributed by atoms with Crippen molar-refractivity contribution < 1.29 is 0 Å². The lowest BCUT2D eigenvalue weighted by Gasteiger charge is -2.24. The molecular weight excluding hydrogens is 204 g/mol. The lowest BCUT2D eigenvalue weighted by molar-refractivity contribution is 0.356. The maximum atomic E-state index is 4.15. The molecule has 15 heavy (non-hydrogen) atoms. The fourth-order valence-corrected chi connectivity index (χ4v) is 2.62. The van der Waals surface area contributed by atoms with Crippen LogP contribution < -0.4 is 5.32 Å². The summed E-state index contributed by atoms with van der Waals surface area (Å²) in [7, 11) is 0. The van der Waals surface area contributed by atoms with Gasteiger partial charge in [-0.25, -0.2) is 0 Å². The van der Waals surface area contributed by atoms with E-state index in [1.807, 2.05) is 11.7 Å². The minimum Gasteiger partial charge on any atom is -0.313 e. The highest BCUT2D eigenvalue weighted by Crippen LogP contribution is 2.49. The van der Waals surface area contributed by atoms with Crippen LogP contribution in [0.25, 0.3) is 0 Å². The summed E-state index contributed by atoms with van der Waals surface area (Å²) < 4.78 is 0. The third kappa shape index (κ3) is 2.79. The molecule has 2 nitrogen and oxygen atoms in total. The van der Waals surface area contributed by atoms with Gasteiger partial charge in [-0.15, -0.1) is 11.3 Å². The number of rotatable bonds is 6. The third-order valence-electron chi connectivity index (χ3n) is 3.41. The average Bonchev–Trinajstić information content (AvgIpc) is 2.80. The standard InChI is InChI=1S/C12H20N2S/c1-3-6-14-11(12(2)4-5-12)7-10-8-13-9-15-10/h8-9,11,14H,3-7H2,1-2H3. The molecule has 1 N–H and O–H groups in total. The number of nitrogens with one attached hydrogen (secondary N) is 1. The molecule has 0 radical (unpaired) electrons. The van der Waals surface area contributed by atoms with E-state index in [1.54, 1.807) is 11.3 Å². The largest absolute Gasteiger partial charge is 0.313 e. The molecule has 1 heterocycles. The number of aromatic nitrogens is 1. The Bertz CT molecular complexity index is 291. The number of nitrogens with zero attached hydrogens (tertiary/aromatic N) is 1. The Balaban J connectivity index is 1.93. The Morgan fingerprint density at radius 2 is 2.40 bits per heavy atom. The molecule has 0 aromatic carbocycles. The van der Waals surface area contributed by atoms with E-state index in [9.17, 15) is 0 Å². The van der Waals surface area contributed by atoms with Gasteiger partial charge in [-0.2, -0.15) is 0 Å². The monoisotopic (exact) mass is 224 g/mol. The highest BCUT2D eigenvalue weighted by Gasteiger charge is 2.44. The summed E-state index contributed by atoms with van der Waals surface area (Å²) in [6.45, 7) is 5.77. The minimum atomic E-state index is 0.555. The average molecular weight is 224 g/mol. The first-order chi connectivity index (χ1) is 7.24. The van der Waals surface area contributed by atoms with Crippen LogP contribution in [-0.4, -0.2) is 17.6 Å². The molecule has 0 bridgehead atoms. The summed E-state index contributed by atoms with van der Waals surface area (Å²) in [6.07, 6.45) is 7.15. The lowest BCUT2D eigenvalue weighted by Crippen LogP contribution is -2.38. The first-order valence-electron chi connectivity index (χ1n) is 5.85. The molecule has 2 rings (SSSR count). The Hall–Kier alpha value is -0.410. The second-order valence-electron chi connectivity index (χ2n) is 4.83. The van der Waals surface area contributed by atoms with Crippen molar-refractivity contribution in [3.8, 4) is 0 Å². The van der Waals surface area contributed by atoms with Crippen molar-refractivity contribution in [2.75, 3.05) is 6.54 Å². The van der Waals surface area contributed by atoms with Crippen molar-refractivity contribution in [3.63, 3.8) is 0 Å². The molecule has 1 atom stereocenters. The van der Waals surface area contributed by atoms with Crippen molar-refractivity contribution in [1.29, 1.82) is 0 Å². The van der Waals surface area contributed by atoms with Gasteiger partial charge in [0.1, 0.15) is 0 Å². The van der Waals surface area contributed by atoms with Crippen LogP contribution in [0.15, 0.2) is 11.7 Å². The molecule has 1 aliphatic rings. The van der Waals surface area contributed by atoms with Crippen LogP contribution in [0.2, 0.25) is 0 Å². The highest BCUT2D eigenvalue weighted by atomic mass is 32.1. The van der Waals surface area contributed by atoms with E-state index < -0.39 is 0 Å². The van der Waals surface area contributed by atoms with Crippen molar-refractivity contribution >= 4 is 11.3 Å². The van der Waals surface area contributed by atoms with Crippen molar-refractivity contribution in [1.82, 2.24) is 10.3 Å². The number of hydrogen-bond acceptors (Lipinski definition) is 3. The van der Waals surface area contributed by atoms with Gasteiger partial charge in [0.2, 0.25) is 0 Å². The number of hydrogen-bond donors (Lipinski definition) is 1. The van der Waals surface area contributed by atoms with E-state index in [4.69, 9.17) is 0 Å². The van der Waals surface area contributed by atoms with Gasteiger partial charge in [-0.1, -0.05) is 13.8 Å². The fraction of sp³-hybridized carbons (Fsp3) is 0.750. The quantitative estimate of drug-likeness (QED) is 0.803. The van der Waals surface area contributed by atoms with Crippen molar-refractivity contribution in [3.05, 3.63) is 16.6 Å². The summed E-state index contributed by atoms with van der Waals surface area (Å²) in [5.41, 5.74) is 2.49. The third-order valence-corrected chi connectivity index (χ3v) is 4.21. The van der Waals surface area contributed by atoms with E-state index in [2.05, 4.69) is 24.1 Å². The van der Waals surface area contributed by atoms with E-state index in [-0.39, 0.29) is 0 Å². The molecule has 84 valence electrons. The molecule has 3 heteroatoms. The maximum Gasteiger partial charge on any atom is 0.0794 e. The zero-order valence-electron chi connectivity index (χ0n) is 9.62. The Kier molecular flexibility index (Phi) is 3.42. The number of thiazole rings is 1. The van der Waals surface area contributed by atoms with E-state index in [0.717, 1.165) is 13.0 Å². The second kappa shape index (κ2) is 4.62. The van der Waals surface area contributed by atoms with Crippen LogP contribution >= 0.6 is 11.3 Å². The van der Waals surface area contributed by atoms with Crippen molar-refractivity contribution in [2.24, 2.45) is 5.41 Å². The Morgan fingerprint density at radius 1 is 1.60 bits per heavy atom. The van der Waals surface area contributed by atoms with Crippen molar-refractivity contribution in [2.45, 2.75) is 45.6 Å². The first kappa shape index (κ1) is 11.1. The lowest BCUT2D eigenvalue weighted by atomic mass is 9.95. The Morgan fingerprint density at radius 3 is 2.93 bits per heavy atom. The molecule has 1 saturated carbocycles. The highest BCUT2D eigenvalue weighted by molar-refractivity contribution is 7.09. The molecule has 0 saturated heterocycles. The molecule has 0 amide bonds. The maximum absolute atomic E-state index is 4.15. The van der Waals surface area contributed by atoms with Gasteiger partial charge in [0.15, 0.2) is 0 Å². The molecule has 0 spiro atoms. The van der Waals surface area contributed by atoms with Gasteiger partial charge in [0.05, 0.1) is 5.51 Å². The minimum absolute atomic E-state index is 0.555. The molecule has 0 aliphatic heterocycles. The van der Waals surface area contributed by atoms with Gasteiger partial charge < -0.3 is 5.32 Å². The second-order valence-corrected chi connectivity index (χ2v) is 5.80. The summed E-state index contributed by atoms with van der Waals surface area (Å²) in [4.78, 5) is 5.56. The SMILES string of the molecule is CCCNC(Cc1cncs1)C1(C)CC1. The van der Waals surface area contributed by atoms with Crippen LogP contribution in [0, 0.1) is 5.41 Å². The van der Waals surface area contributed by atoms with Gasteiger partial charge in [0.25, 0.3) is 0 Å². The smallest absolute Gasteiger partial charge is 0.0794 e. The summed E-state index contributed by atoms with van der Waals surface area (Å²) >= 11 is 1.78. The van der Waals surface area contributed by atoms with Crippen LogP contribution in [0.1, 0.15) is 38.0 Å². The van der Waals surface area contributed by atoms with Crippen LogP contribution in [0.4, 0.5) is 0 Å². The van der Waals surface area contributed by atoms with E-state index in [1.165, 1.54) is 24.1 Å². The predicted molar refractivity (Wildman–Crippen MR) is 65.2 cm³/mol. The topological polar surface area (TPSA) is 24.9 Å². The van der Waals surface area contributed by atoms with Crippen LogP contribution in [0.5, 0.6) is 0 Å². The molecule has 1 fully saturated rings. The molecule has 1 aromatic heterocycles. The van der Waals surface area contributed by atoms with E-state index in [0.29, 0.717) is 11.5 Å². The predicted octanol–water partition coefficient (Wildman–Crippen LogP) is 2.85. The molecule has 1 unspecified atom stereocenters. The molecule has 1 aliphatic carbocycles. The zero-order valence-corrected chi connectivity index (χ0v) is 10.4. The fourth-order valence-electron chi connectivity index (χ4n) is 1.97. The Labute approximate surface area is 96.1 Å². The zero-order chi connectivity index (χ0) is 10.7. The normalized spacial score (nSPS) is 20.1. The molecule has 1 aromatic rings. The summed E-state index contributed by atoms with van der Waals surface area (Å²) in [5, 5.41) is 3.69. The van der Waals surface area contributed by atoms with Crippen LogP contribution in [-0.2, 0) is 6.42 Å². The molecular formula is C12H20N2S. The van der Waals surface area contributed by atoms with E-state index >= 15 is 0 Å². The summed E-state index contributed by atoms with van der Waals surface area (Å²) in [5.74, 6) is 0. The van der Waals surface area contributed by atoms with Crippen LogP contribution in [0.3, 0.4) is 0 Å².